The summed E-state index contributed by atoms with van der Waals surface area (Å²) in [7, 11) is 1.81. The maximum atomic E-state index is 12.8. The van der Waals surface area contributed by atoms with Crippen molar-refractivity contribution in [3.05, 3.63) is 90.1 Å². The van der Waals surface area contributed by atoms with Crippen LogP contribution in [0.4, 0.5) is 0 Å². The minimum absolute atomic E-state index is 0.0178. The Labute approximate surface area is 151 Å². The Kier molecular flexibility index (Phi) is 4.27. The van der Waals surface area contributed by atoms with E-state index in [0.717, 1.165) is 23.3 Å². The number of aromatic nitrogens is 3. The van der Waals surface area contributed by atoms with E-state index in [-0.39, 0.29) is 5.91 Å². The summed E-state index contributed by atoms with van der Waals surface area (Å²) in [6.07, 6.45) is 5.61. The number of nitrogens with zero attached hydrogens (tertiary/aromatic N) is 3. The molecule has 0 aliphatic heterocycles. The first-order chi connectivity index (χ1) is 12.7. The van der Waals surface area contributed by atoms with Gasteiger partial charge in [-0.05, 0) is 29.1 Å². The fourth-order valence-corrected chi connectivity index (χ4v) is 3.10. The molecular weight excluding hydrogens is 324 g/mol. The van der Waals surface area contributed by atoms with Crippen LogP contribution >= 0.6 is 0 Å². The van der Waals surface area contributed by atoms with Gasteiger partial charge < -0.3 is 14.5 Å². The minimum Gasteiger partial charge on any atom is -0.361 e. The Morgan fingerprint density at radius 3 is 2.85 bits per heavy atom. The van der Waals surface area contributed by atoms with Gasteiger partial charge in [-0.1, -0.05) is 36.4 Å². The summed E-state index contributed by atoms with van der Waals surface area (Å²) in [5.74, 6) is 0.849. The summed E-state index contributed by atoms with van der Waals surface area (Å²) in [4.78, 5) is 22.1. The molecule has 0 saturated heterocycles. The van der Waals surface area contributed by atoms with Gasteiger partial charge in [0.15, 0.2) is 0 Å². The van der Waals surface area contributed by atoms with E-state index >= 15 is 0 Å². The van der Waals surface area contributed by atoms with Crippen molar-refractivity contribution in [1.82, 2.24) is 19.4 Å². The second kappa shape index (κ2) is 6.88. The maximum absolute atomic E-state index is 12.8. The first-order valence-electron chi connectivity index (χ1n) is 8.57. The van der Waals surface area contributed by atoms with Crippen LogP contribution in [-0.2, 0) is 13.1 Å². The Morgan fingerprint density at radius 2 is 2.00 bits per heavy atom. The molecule has 130 valence electrons. The number of benzene rings is 2. The standard InChI is InChI=1S/C21H20N4O/c1-24(21(26)18-8-7-17-9-10-22-19(17)13-18)15-20-23-11-12-25(20)14-16-5-3-2-4-6-16/h2-13,22H,14-15H2,1H3. The van der Waals surface area contributed by atoms with Gasteiger partial charge in [0.25, 0.3) is 5.91 Å². The van der Waals surface area contributed by atoms with Crippen LogP contribution in [0.3, 0.4) is 0 Å². The number of rotatable bonds is 5. The van der Waals surface area contributed by atoms with Crippen molar-refractivity contribution < 1.29 is 4.79 Å². The average Bonchev–Trinajstić information content (AvgIpc) is 3.30. The van der Waals surface area contributed by atoms with Crippen LogP contribution in [0, 0.1) is 0 Å². The molecule has 0 aliphatic rings. The number of aromatic amines is 1. The Morgan fingerprint density at radius 1 is 1.15 bits per heavy atom. The van der Waals surface area contributed by atoms with Crippen molar-refractivity contribution in [2.75, 3.05) is 7.05 Å². The summed E-state index contributed by atoms with van der Waals surface area (Å²) in [5, 5.41) is 1.10. The number of imidazole rings is 1. The smallest absolute Gasteiger partial charge is 0.254 e. The third-order valence-corrected chi connectivity index (χ3v) is 4.52. The SMILES string of the molecule is CN(Cc1nccn1Cc1ccccc1)C(=O)c1ccc2cc[nH]c2c1. The molecule has 0 atom stereocenters. The fraction of sp³-hybridized carbons (Fsp3) is 0.143. The molecule has 0 unspecified atom stereocenters. The lowest BCUT2D eigenvalue weighted by molar-refractivity contribution is 0.0780. The zero-order valence-electron chi connectivity index (χ0n) is 14.6. The number of fused-ring (bicyclic) bond motifs is 1. The van der Waals surface area contributed by atoms with Crippen molar-refractivity contribution >= 4 is 16.8 Å². The van der Waals surface area contributed by atoms with Crippen LogP contribution in [0.15, 0.2) is 73.2 Å². The fourth-order valence-electron chi connectivity index (χ4n) is 3.10. The topological polar surface area (TPSA) is 53.9 Å². The molecule has 2 aromatic heterocycles. The summed E-state index contributed by atoms with van der Waals surface area (Å²) < 4.78 is 2.08. The quantitative estimate of drug-likeness (QED) is 0.600. The molecule has 1 amide bonds. The molecular formula is C21H20N4O. The van der Waals surface area contributed by atoms with E-state index in [4.69, 9.17) is 0 Å². The lowest BCUT2D eigenvalue weighted by Crippen LogP contribution is -2.27. The highest BCUT2D eigenvalue weighted by Gasteiger charge is 2.15. The van der Waals surface area contributed by atoms with Gasteiger partial charge in [0.2, 0.25) is 0 Å². The molecule has 2 heterocycles. The second-order valence-corrected chi connectivity index (χ2v) is 6.40. The van der Waals surface area contributed by atoms with E-state index in [1.165, 1.54) is 5.56 Å². The van der Waals surface area contributed by atoms with E-state index in [1.54, 1.807) is 11.1 Å². The van der Waals surface area contributed by atoms with Crippen LogP contribution in [0.5, 0.6) is 0 Å². The third kappa shape index (κ3) is 3.24. The van der Waals surface area contributed by atoms with Gasteiger partial charge in [-0.15, -0.1) is 0 Å². The van der Waals surface area contributed by atoms with Crippen LogP contribution in [0.25, 0.3) is 10.9 Å². The molecule has 1 N–H and O–H groups in total. The second-order valence-electron chi connectivity index (χ2n) is 6.40. The van der Waals surface area contributed by atoms with E-state index < -0.39 is 0 Å². The summed E-state index contributed by atoms with van der Waals surface area (Å²) in [6, 6.07) is 17.9. The van der Waals surface area contributed by atoms with Crippen LogP contribution in [-0.4, -0.2) is 32.4 Å². The first kappa shape index (κ1) is 16.1. The predicted octanol–water partition coefficient (Wildman–Crippen LogP) is 3.68. The molecule has 0 fully saturated rings. The van der Waals surface area contributed by atoms with Crippen molar-refractivity contribution in [3.63, 3.8) is 0 Å². The van der Waals surface area contributed by atoms with Crippen molar-refractivity contribution in [1.29, 1.82) is 0 Å². The Bertz CT molecular complexity index is 1030. The van der Waals surface area contributed by atoms with Gasteiger partial charge in [-0.3, -0.25) is 4.79 Å². The van der Waals surface area contributed by atoms with Gasteiger partial charge in [0, 0.05) is 43.3 Å². The molecule has 5 heteroatoms. The number of carbonyl (C=O) groups excluding carboxylic acids is 1. The van der Waals surface area contributed by atoms with Gasteiger partial charge in [0.05, 0.1) is 6.54 Å². The van der Waals surface area contributed by atoms with E-state index in [9.17, 15) is 4.79 Å². The van der Waals surface area contributed by atoms with Gasteiger partial charge in [-0.25, -0.2) is 4.98 Å². The molecule has 2 aromatic carbocycles. The van der Waals surface area contributed by atoms with Gasteiger partial charge in [-0.2, -0.15) is 0 Å². The molecule has 0 radical (unpaired) electrons. The molecule has 4 rings (SSSR count). The largest absolute Gasteiger partial charge is 0.361 e. The molecule has 5 nitrogen and oxygen atoms in total. The molecule has 0 aliphatic carbocycles. The highest BCUT2D eigenvalue weighted by Crippen LogP contribution is 2.16. The number of H-pyrrole nitrogens is 1. The molecule has 0 spiro atoms. The number of hydrogen-bond donors (Lipinski definition) is 1. The van der Waals surface area contributed by atoms with E-state index in [0.29, 0.717) is 12.1 Å². The predicted molar refractivity (Wildman–Crippen MR) is 102 cm³/mol. The minimum atomic E-state index is -0.0178. The van der Waals surface area contributed by atoms with Gasteiger partial charge >= 0.3 is 0 Å². The summed E-state index contributed by atoms with van der Waals surface area (Å²) in [6.45, 7) is 1.20. The monoisotopic (exact) mass is 344 g/mol. The molecule has 26 heavy (non-hydrogen) atoms. The molecule has 0 saturated carbocycles. The summed E-state index contributed by atoms with van der Waals surface area (Å²) >= 11 is 0. The van der Waals surface area contributed by atoms with E-state index in [1.807, 2.05) is 61.9 Å². The number of amides is 1. The van der Waals surface area contributed by atoms with Crippen LogP contribution in [0.2, 0.25) is 0 Å². The van der Waals surface area contributed by atoms with Crippen molar-refractivity contribution in [2.45, 2.75) is 13.1 Å². The Hall–Kier alpha value is -3.34. The van der Waals surface area contributed by atoms with Gasteiger partial charge in [0.1, 0.15) is 5.82 Å². The number of hydrogen-bond acceptors (Lipinski definition) is 2. The number of carbonyl (C=O) groups is 1. The lowest BCUT2D eigenvalue weighted by Gasteiger charge is -2.18. The number of nitrogens with one attached hydrogen (secondary N) is 1. The molecule has 0 bridgehead atoms. The highest BCUT2D eigenvalue weighted by molar-refractivity contribution is 5.97. The zero-order chi connectivity index (χ0) is 17.9. The average molecular weight is 344 g/mol. The normalized spacial score (nSPS) is 11.0. The van der Waals surface area contributed by atoms with Crippen LogP contribution in [0.1, 0.15) is 21.7 Å². The van der Waals surface area contributed by atoms with Crippen LogP contribution < -0.4 is 0 Å². The zero-order valence-corrected chi connectivity index (χ0v) is 14.6. The maximum Gasteiger partial charge on any atom is 0.254 e. The Balaban J connectivity index is 1.50. The van der Waals surface area contributed by atoms with E-state index in [2.05, 4.69) is 26.7 Å². The third-order valence-electron chi connectivity index (χ3n) is 4.52. The summed E-state index contributed by atoms with van der Waals surface area (Å²) in [5.41, 5.74) is 2.84. The highest BCUT2D eigenvalue weighted by atomic mass is 16.2. The van der Waals surface area contributed by atoms with Crippen molar-refractivity contribution in [2.24, 2.45) is 0 Å². The van der Waals surface area contributed by atoms with Crippen molar-refractivity contribution in [3.8, 4) is 0 Å². The molecule has 4 aromatic rings. The lowest BCUT2D eigenvalue weighted by atomic mass is 10.1. The first-order valence-corrected chi connectivity index (χ1v) is 8.57.